The topological polar surface area (TPSA) is 324 Å². The van der Waals surface area contributed by atoms with Crippen molar-refractivity contribution >= 4 is 5.91 Å². The van der Waals surface area contributed by atoms with Crippen LogP contribution in [0.1, 0.15) is 25.7 Å². The lowest BCUT2D eigenvalue weighted by Crippen LogP contribution is -2.69. The van der Waals surface area contributed by atoms with Crippen molar-refractivity contribution in [1.29, 1.82) is 0 Å². The van der Waals surface area contributed by atoms with Gasteiger partial charge in [0.15, 0.2) is 12.6 Å². The zero-order chi connectivity index (χ0) is 31.8. The van der Waals surface area contributed by atoms with Gasteiger partial charge in [-0.25, -0.2) is 0 Å². The third kappa shape index (κ3) is 9.42. The minimum atomic E-state index is -1.65. The highest BCUT2D eigenvalue weighted by molar-refractivity contribution is 5.80. The summed E-state index contributed by atoms with van der Waals surface area (Å²) in [6, 6.07) is -3.79. The summed E-state index contributed by atoms with van der Waals surface area (Å²) in [7, 11) is 0. The van der Waals surface area contributed by atoms with Crippen molar-refractivity contribution < 1.29 is 59.5 Å². The summed E-state index contributed by atoms with van der Waals surface area (Å²) in [5.74, 6) is -0.897. The van der Waals surface area contributed by atoms with Crippen LogP contribution in [0.4, 0.5) is 0 Å². The number of rotatable bonds is 14. The van der Waals surface area contributed by atoms with Crippen LogP contribution in [-0.4, -0.2) is 166 Å². The fourth-order valence-corrected chi connectivity index (χ4v) is 5.51. The Morgan fingerprint density at radius 3 is 2.28 bits per heavy atom. The highest BCUT2D eigenvalue weighted by atomic mass is 16.7. The fraction of sp³-hybridized carbons (Fsp3) is 0.960. The average Bonchev–Trinajstić information content (AvgIpc) is 2.98. The van der Waals surface area contributed by atoms with Gasteiger partial charge >= 0.3 is 0 Å². The molecule has 1 aliphatic carbocycles. The molecule has 0 aromatic heterocycles. The van der Waals surface area contributed by atoms with E-state index in [4.69, 9.17) is 47.0 Å². The van der Waals surface area contributed by atoms with Crippen LogP contribution in [0.5, 0.6) is 0 Å². The lowest BCUT2D eigenvalue weighted by atomic mass is 9.83. The molecule has 2 heterocycles. The number of carbonyl (C=O) groups is 1. The van der Waals surface area contributed by atoms with Crippen LogP contribution in [0.3, 0.4) is 0 Å². The van der Waals surface area contributed by atoms with Gasteiger partial charge in [-0.15, -0.1) is 0 Å². The Labute approximate surface area is 249 Å². The predicted octanol–water partition coefficient (Wildman–Crippen LogP) is -7.42. The smallest absolute Gasteiger partial charge is 0.249 e. The normalized spacial score (nSPS) is 41.9. The summed E-state index contributed by atoms with van der Waals surface area (Å²) in [5.41, 5.74) is 23.9. The van der Waals surface area contributed by atoms with E-state index in [-0.39, 0.29) is 32.1 Å². The second-order valence-corrected chi connectivity index (χ2v) is 11.4. The molecule has 18 heteroatoms. The van der Waals surface area contributed by atoms with Gasteiger partial charge in [0.2, 0.25) is 5.91 Å². The van der Waals surface area contributed by atoms with Crippen LogP contribution in [0.2, 0.25) is 0 Å². The van der Waals surface area contributed by atoms with Gasteiger partial charge in [0.1, 0.15) is 42.7 Å². The monoisotopic (exact) mass is 626 g/mol. The van der Waals surface area contributed by atoms with Crippen molar-refractivity contribution in [3.63, 3.8) is 0 Å². The first-order valence-corrected chi connectivity index (χ1v) is 14.6. The van der Waals surface area contributed by atoms with Gasteiger partial charge in [-0.1, -0.05) is 0 Å². The molecule has 1 saturated carbocycles. The van der Waals surface area contributed by atoms with Crippen LogP contribution in [0.25, 0.3) is 0 Å². The standard InChI is InChI=1S/C25H50N6O12/c26-7-10(34)5-15(35)23(39)31-14-6-13(28)21(42-24-12(27)2-1-11(40-24)8-30-3-4-32)20(38)22(14)43-25-19(37)17(29)18(36)16(9-33)41-25/h10-22,24-25,30,32-38H,1-9,26-29H2,(H,31,39)/t10-,11+,12?,13+,14-,15+,16?,17+,18?,19?,20?,21?,22?,24-,25-/m1/s1. The van der Waals surface area contributed by atoms with Crippen molar-refractivity contribution in [2.45, 2.75) is 117 Å². The molecule has 7 unspecified atom stereocenters. The number of nitrogens with one attached hydrogen (secondary N) is 2. The lowest BCUT2D eigenvalue weighted by molar-refractivity contribution is -0.314. The second kappa shape index (κ2) is 16.9. The summed E-state index contributed by atoms with van der Waals surface area (Å²) < 4.78 is 23.6. The van der Waals surface area contributed by atoms with E-state index < -0.39 is 98.1 Å². The molecule has 252 valence electrons. The van der Waals surface area contributed by atoms with Crippen molar-refractivity contribution in [1.82, 2.24) is 10.6 Å². The first kappa shape index (κ1) is 36.3. The van der Waals surface area contributed by atoms with Gasteiger partial charge < -0.3 is 88.3 Å². The molecule has 3 aliphatic rings. The van der Waals surface area contributed by atoms with Gasteiger partial charge in [0.05, 0.1) is 43.5 Å². The highest BCUT2D eigenvalue weighted by Crippen LogP contribution is 2.31. The second-order valence-electron chi connectivity index (χ2n) is 11.4. The number of aliphatic hydroxyl groups excluding tert-OH is 7. The number of aliphatic hydroxyl groups is 7. The number of hydrogen-bond acceptors (Lipinski definition) is 17. The van der Waals surface area contributed by atoms with E-state index in [0.717, 1.165) is 0 Å². The van der Waals surface area contributed by atoms with Crippen LogP contribution < -0.4 is 33.6 Å². The van der Waals surface area contributed by atoms with Gasteiger partial charge in [-0.3, -0.25) is 4.79 Å². The summed E-state index contributed by atoms with van der Waals surface area (Å²) >= 11 is 0. The minimum absolute atomic E-state index is 0.0404. The largest absolute Gasteiger partial charge is 0.395 e. The maximum Gasteiger partial charge on any atom is 0.249 e. The third-order valence-electron chi connectivity index (χ3n) is 8.09. The molecular formula is C25H50N6O12. The molecule has 43 heavy (non-hydrogen) atoms. The molecule has 0 aromatic rings. The van der Waals surface area contributed by atoms with Gasteiger partial charge in [0, 0.05) is 32.1 Å². The summed E-state index contributed by atoms with van der Waals surface area (Å²) in [5, 5.41) is 76.7. The van der Waals surface area contributed by atoms with E-state index in [2.05, 4.69) is 10.6 Å². The number of nitrogens with two attached hydrogens (primary N) is 4. The first-order chi connectivity index (χ1) is 20.4. The Bertz CT molecular complexity index is 851. The van der Waals surface area contributed by atoms with E-state index >= 15 is 0 Å². The molecule has 0 spiro atoms. The van der Waals surface area contributed by atoms with E-state index in [1.165, 1.54) is 0 Å². The van der Waals surface area contributed by atoms with Crippen LogP contribution >= 0.6 is 0 Å². The molecule has 1 amide bonds. The maximum absolute atomic E-state index is 12.8. The van der Waals surface area contributed by atoms with E-state index in [0.29, 0.717) is 25.9 Å². The average molecular weight is 627 g/mol. The maximum atomic E-state index is 12.8. The molecule has 0 aromatic carbocycles. The Hall–Kier alpha value is -1.17. The molecule has 15 atom stereocenters. The summed E-state index contributed by atoms with van der Waals surface area (Å²) in [6.07, 6.45) is -13.1. The molecule has 17 N–H and O–H groups in total. The third-order valence-corrected chi connectivity index (χ3v) is 8.09. The molecule has 18 nitrogen and oxygen atoms in total. The van der Waals surface area contributed by atoms with Crippen molar-refractivity contribution in [3.05, 3.63) is 0 Å². The molecule has 0 radical (unpaired) electrons. The first-order valence-electron chi connectivity index (χ1n) is 14.6. The van der Waals surface area contributed by atoms with Gasteiger partial charge in [-0.05, 0) is 19.3 Å². The SMILES string of the molecule is NC[C@H](O)C[C@H](O)C(=O)N[C@@H]1C[C@H](N)C(O[C@H]2O[C@H](CNCCO)CCC2N)C(O)C1O[C@H]1OC(CO)C(O)[C@H](N)C1O. The predicted molar refractivity (Wildman–Crippen MR) is 148 cm³/mol. The molecule has 3 rings (SSSR count). The fourth-order valence-electron chi connectivity index (χ4n) is 5.51. The van der Waals surface area contributed by atoms with E-state index in [1.54, 1.807) is 0 Å². The van der Waals surface area contributed by atoms with Crippen LogP contribution in [0, 0.1) is 0 Å². The quantitative estimate of drug-likeness (QED) is 0.0796. The molecular weight excluding hydrogens is 576 g/mol. The molecule has 3 fully saturated rings. The Morgan fingerprint density at radius 2 is 1.63 bits per heavy atom. The van der Waals surface area contributed by atoms with E-state index in [1.807, 2.05) is 0 Å². The highest BCUT2D eigenvalue weighted by Gasteiger charge is 2.51. The van der Waals surface area contributed by atoms with Gasteiger partial charge in [-0.2, -0.15) is 0 Å². The van der Waals surface area contributed by atoms with Crippen molar-refractivity contribution in [2.75, 3.05) is 32.8 Å². The number of amides is 1. The minimum Gasteiger partial charge on any atom is -0.395 e. The Kier molecular flexibility index (Phi) is 14.3. The van der Waals surface area contributed by atoms with Gasteiger partial charge in [0.25, 0.3) is 0 Å². The number of hydrogen-bond donors (Lipinski definition) is 13. The zero-order valence-corrected chi connectivity index (χ0v) is 24.0. The lowest BCUT2D eigenvalue weighted by Gasteiger charge is -2.48. The number of carbonyl (C=O) groups excluding carboxylic acids is 1. The van der Waals surface area contributed by atoms with Crippen molar-refractivity contribution in [2.24, 2.45) is 22.9 Å². The summed E-state index contributed by atoms with van der Waals surface area (Å²) in [4.78, 5) is 12.8. The van der Waals surface area contributed by atoms with E-state index in [9.17, 15) is 35.4 Å². The molecule has 2 aliphatic heterocycles. The Morgan fingerprint density at radius 1 is 0.930 bits per heavy atom. The Balaban J connectivity index is 1.80. The number of ether oxygens (including phenoxy) is 4. The van der Waals surface area contributed by atoms with Crippen molar-refractivity contribution in [3.8, 4) is 0 Å². The van der Waals surface area contributed by atoms with Crippen LogP contribution in [0.15, 0.2) is 0 Å². The van der Waals surface area contributed by atoms with Crippen LogP contribution in [-0.2, 0) is 23.7 Å². The molecule has 2 saturated heterocycles. The zero-order valence-electron chi connectivity index (χ0n) is 24.0. The summed E-state index contributed by atoms with van der Waals surface area (Å²) in [6.45, 7) is -0.0560. The molecule has 0 bridgehead atoms.